The van der Waals surface area contributed by atoms with E-state index in [4.69, 9.17) is 0 Å². The molecule has 1 aromatic rings. The Morgan fingerprint density at radius 1 is 1.00 bits per heavy atom. The molecule has 6 nitrogen and oxygen atoms in total. The zero-order valence-electron chi connectivity index (χ0n) is 16.1. The predicted octanol–water partition coefficient (Wildman–Crippen LogP) is 2.42. The van der Waals surface area contributed by atoms with Crippen LogP contribution in [-0.4, -0.2) is 58.9 Å². The Morgan fingerprint density at radius 3 is 2.33 bits per heavy atom. The van der Waals surface area contributed by atoms with E-state index in [1.807, 2.05) is 38.1 Å². The summed E-state index contributed by atoms with van der Waals surface area (Å²) in [5.41, 5.74) is 1.75. The molecule has 0 spiro atoms. The summed E-state index contributed by atoms with van der Waals surface area (Å²) in [6.45, 7) is 5.92. The molecule has 2 heterocycles. The first kappa shape index (κ1) is 19.4. The lowest BCUT2D eigenvalue weighted by molar-refractivity contribution is -0.148. The number of carbonyl (C=O) groups is 3. The van der Waals surface area contributed by atoms with Crippen molar-refractivity contribution in [3.63, 3.8) is 0 Å². The minimum Gasteiger partial charge on any atom is -0.481 e. The smallest absolute Gasteiger partial charge is 0.308 e. The average Bonchev–Trinajstić information content (AvgIpc) is 2.67. The molecule has 1 N–H and O–H groups in total. The summed E-state index contributed by atoms with van der Waals surface area (Å²) < 4.78 is 0. The number of benzene rings is 1. The molecule has 0 bridgehead atoms. The molecule has 0 radical (unpaired) electrons. The molecule has 3 atom stereocenters. The lowest BCUT2D eigenvalue weighted by Crippen LogP contribution is -2.51. The van der Waals surface area contributed by atoms with Crippen LogP contribution in [0.25, 0.3) is 0 Å². The minimum absolute atomic E-state index is 0.00536. The molecular weight excluding hydrogens is 344 g/mol. The third-order valence-electron chi connectivity index (χ3n) is 5.68. The number of carbonyl (C=O) groups excluding carboxylic acids is 2. The van der Waals surface area contributed by atoms with Gasteiger partial charge in [-0.15, -0.1) is 0 Å². The fraction of sp³-hybridized carbons (Fsp3) is 0.571. The van der Waals surface area contributed by atoms with Crippen molar-refractivity contribution in [2.45, 2.75) is 33.1 Å². The molecule has 6 heteroatoms. The predicted molar refractivity (Wildman–Crippen MR) is 101 cm³/mol. The molecule has 2 fully saturated rings. The van der Waals surface area contributed by atoms with Crippen LogP contribution in [0.3, 0.4) is 0 Å². The zero-order chi connectivity index (χ0) is 19.6. The summed E-state index contributed by atoms with van der Waals surface area (Å²) in [5.74, 6) is -1.44. The Bertz CT molecular complexity index is 715. The second-order valence-corrected chi connectivity index (χ2v) is 8.08. The van der Waals surface area contributed by atoms with Crippen molar-refractivity contribution in [1.82, 2.24) is 9.80 Å². The van der Waals surface area contributed by atoms with Gasteiger partial charge in [-0.05, 0) is 44.2 Å². The molecule has 0 aliphatic carbocycles. The van der Waals surface area contributed by atoms with Crippen LogP contribution in [-0.2, 0) is 9.59 Å². The zero-order valence-corrected chi connectivity index (χ0v) is 16.1. The molecule has 1 aromatic carbocycles. The Morgan fingerprint density at radius 2 is 1.67 bits per heavy atom. The standard InChI is InChI=1S/C21H28N2O4/c1-14-5-7-16(8-6-14)19(24)22-9-3-4-17(12-22)20(25)23-11-15(2)10-18(13-23)21(26)27/h5-8,15,17-18H,3-4,9-13H2,1-2H3,(H,26,27). The van der Waals surface area contributed by atoms with E-state index in [-0.39, 0.29) is 30.2 Å². The van der Waals surface area contributed by atoms with Crippen molar-refractivity contribution >= 4 is 17.8 Å². The molecule has 0 aromatic heterocycles. The number of nitrogens with zero attached hydrogens (tertiary/aromatic N) is 2. The van der Waals surface area contributed by atoms with Gasteiger partial charge in [0.2, 0.25) is 5.91 Å². The Balaban J connectivity index is 1.66. The number of piperidine rings is 2. The average molecular weight is 372 g/mol. The number of hydrogen-bond donors (Lipinski definition) is 1. The van der Waals surface area contributed by atoms with Crippen molar-refractivity contribution in [1.29, 1.82) is 0 Å². The van der Waals surface area contributed by atoms with Crippen molar-refractivity contribution in [3.8, 4) is 0 Å². The van der Waals surface area contributed by atoms with Gasteiger partial charge >= 0.3 is 5.97 Å². The maximum absolute atomic E-state index is 13.0. The van der Waals surface area contributed by atoms with E-state index in [0.29, 0.717) is 31.6 Å². The van der Waals surface area contributed by atoms with Crippen LogP contribution in [0, 0.1) is 24.7 Å². The van der Waals surface area contributed by atoms with Gasteiger partial charge in [0, 0.05) is 31.7 Å². The first-order valence-electron chi connectivity index (χ1n) is 9.72. The maximum Gasteiger partial charge on any atom is 0.308 e. The second kappa shape index (κ2) is 8.11. The molecule has 2 saturated heterocycles. The summed E-state index contributed by atoms with van der Waals surface area (Å²) in [5, 5.41) is 9.34. The van der Waals surface area contributed by atoms with Gasteiger partial charge in [0.1, 0.15) is 0 Å². The lowest BCUT2D eigenvalue weighted by Gasteiger charge is -2.39. The normalized spacial score (nSPS) is 25.9. The van der Waals surface area contributed by atoms with E-state index in [1.54, 1.807) is 9.80 Å². The quantitative estimate of drug-likeness (QED) is 0.884. The van der Waals surface area contributed by atoms with Crippen LogP contribution in [0.4, 0.5) is 0 Å². The van der Waals surface area contributed by atoms with Gasteiger partial charge in [0.15, 0.2) is 0 Å². The molecule has 2 aliphatic rings. The number of rotatable bonds is 3. The van der Waals surface area contributed by atoms with Gasteiger partial charge in [0.25, 0.3) is 5.91 Å². The summed E-state index contributed by atoms with van der Waals surface area (Å²) in [6.07, 6.45) is 2.15. The van der Waals surface area contributed by atoms with Crippen LogP contribution in [0.1, 0.15) is 42.1 Å². The Labute approximate surface area is 160 Å². The van der Waals surface area contributed by atoms with Crippen LogP contribution < -0.4 is 0 Å². The van der Waals surface area contributed by atoms with Crippen LogP contribution >= 0.6 is 0 Å². The largest absolute Gasteiger partial charge is 0.481 e. The highest BCUT2D eigenvalue weighted by atomic mass is 16.4. The lowest BCUT2D eigenvalue weighted by atomic mass is 9.88. The van der Waals surface area contributed by atoms with E-state index in [9.17, 15) is 19.5 Å². The summed E-state index contributed by atoms with van der Waals surface area (Å²) in [7, 11) is 0. The van der Waals surface area contributed by atoms with Crippen molar-refractivity contribution in [2.75, 3.05) is 26.2 Å². The van der Waals surface area contributed by atoms with Crippen molar-refractivity contribution in [2.24, 2.45) is 17.8 Å². The highest BCUT2D eigenvalue weighted by molar-refractivity contribution is 5.94. The van der Waals surface area contributed by atoms with Crippen molar-refractivity contribution in [3.05, 3.63) is 35.4 Å². The first-order chi connectivity index (χ1) is 12.8. The fourth-order valence-electron chi connectivity index (χ4n) is 4.21. The third kappa shape index (κ3) is 4.49. The number of amides is 2. The van der Waals surface area contributed by atoms with E-state index < -0.39 is 11.9 Å². The number of carboxylic acids is 1. The Kier molecular flexibility index (Phi) is 5.82. The molecule has 2 amide bonds. The molecule has 146 valence electrons. The van der Waals surface area contributed by atoms with Crippen LogP contribution in [0.15, 0.2) is 24.3 Å². The van der Waals surface area contributed by atoms with E-state index >= 15 is 0 Å². The summed E-state index contributed by atoms with van der Waals surface area (Å²) in [6, 6.07) is 7.49. The number of aryl methyl sites for hydroxylation is 1. The third-order valence-corrected chi connectivity index (χ3v) is 5.68. The monoisotopic (exact) mass is 372 g/mol. The minimum atomic E-state index is -0.834. The highest BCUT2D eigenvalue weighted by Crippen LogP contribution is 2.26. The van der Waals surface area contributed by atoms with Crippen molar-refractivity contribution < 1.29 is 19.5 Å². The van der Waals surface area contributed by atoms with Crippen LogP contribution in [0.2, 0.25) is 0 Å². The number of carboxylic acid groups (broad SMARTS) is 1. The molecule has 0 saturated carbocycles. The topological polar surface area (TPSA) is 77.9 Å². The number of likely N-dealkylation sites (tertiary alicyclic amines) is 2. The van der Waals surface area contributed by atoms with E-state index in [1.165, 1.54) is 0 Å². The van der Waals surface area contributed by atoms with Gasteiger partial charge in [-0.2, -0.15) is 0 Å². The molecule has 2 aliphatic heterocycles. The first-order valence-corrected chi connectivity index (χ1v) is 9.72. The summed E-state index contributed by atoms with van der Waals surface area (Å²) >= 11 is 0. The van der Waals surface area contributed by atoms with E-state index in [0.717, 1.165) is 18.4 Å². The van der Waals surface area contributed by atoms with Gasteiger partial charge in [-0.25, -0.2) is 0 Å². The van der Waals surface area contributed by atoms with Crippen LogP contribution in [0.5, 0.6) is 0 Å². The maximum atomic E-state index is 13.0. The molecule has 3 rings (SSSR count). The van der Waals surface area contributed by atoms with Gasteiger partial charge in [-0.1, -0.05) is 24.6 Å². The fourth-order valence-corrected chi connectivity index (χ4v) is 4.21. The second-order valence-electron chi connectivity index (χ2n) is 8.08. The van der Waals surface area contributed by atoms with Gasteiger partial charge < -0.3 is 14.9 Å². The summed E-state index contributed by atoms with van der Waals surface area (Å²) in [4.78, 5) is 40.6. The number of hydrogen-bond acceptors (Lipinski definition) is 3. The molecule has 3 unspecified atom stereocenters. The highest BCUT2D eigenvalue weighted by Gasteiger charge is 2.36. The Hall–Kier alpha value is -2.37. The van der Waals surface area contributed by atoms with Gasteiger partial charge in [-0.3, -0.25) is 14.4 Å². The molecule has 27 heavy (non-hydrogen) atoms. The van der Waals surface area contributed by atoms with Gasteiger partial charge in [0.05, 0.1) is 11.8 Å². The molecular formula is C21H28N2O4. The van der Waals surface area contributed by atoms with E-state index in [2.05, 4.69) is 0 Å². The SMILES string of the molecule is Cc1ccc(C(=O)N2CCCC(C(=O)N3CC(C)CC(C(=O)O)C3)C2)cc1. The number of aliphatic carboxylic acids is 1.